The molecule has 0 spiro atoms. The zero-order valence-corrected chi connectivity index (χ0v) is 9.58. The number of carbonyl (C=O) groups excluding carboxylic acids is 1. The Bertz CT molecular complexity index is 501. The summed E-state index contributed by atoms with van der Waals surface area (Å²) < 4.78 is 0. The lowest BCUT2D eigenvalue weighted by atomic mass is 10.1. The normalized spacial score (nSPS) is 22.8. The van der Waals surface area contributed by atoms with Gasteiger partial charge in [-0.05, 0) is 41.0 Å². The highest BCUT2D eigenvalue weighted by atomic mass is 16.2. The van der Waals surface area contributed by atoms with E-state index in [1.54, 1.807) is 0 Å². The number of amides is 1. The summed E-state index contributed by atoms with van der Waals surface area (Å²) in [5, 5.41) is 3.13. The van der Waals surface area contributed by atoms with Crippen LogP contribution < -0.4 is 0 Å². The Morgan fingerprint density at radius 1 is 1.47 bits per heavy atom. The lowest BCUT2D eigenvalue weighted by molar-refractivity contribution is -0.119. The minimum Gasteiger partial charge on any atom is -0.292 e. The third-order valence-electron chi connectivity index (χ3n) is 2.99. The first-order chi connectivity index (χ1) is 8.22. The number of allylic oxidation sites excluding steroid dienone is 2. The summed E-state index contributed by atoms with van der Waals surface area (Å²) in [5.74, 6) is -0.215. The summed E-state index contributed by atoms with van der Waals surface area (Å²) in [6.07, 6.45) is 2.88. The van der Waals surface area contributed by atoms with Gasteiger partial charge in [-0.1, -0.05) is 36.4 Å². The second-order valence-electron chi connectivity index (χ2n) is 4.25. The largest absolute Gasteiger partial charge is 0.292 e. The summed E-state index contributed by atoms with van der Waals surface area (Å²) in [6.45, 7) is 2.03. The topological polar surface area (TPSA) is 65.8 Å². The molecule has 86 valence electrons. The van der Waals surface area contributed by atoms with Crippen molar-refractivity contribution in [3.05, 3.63) is 52.4 Å². The van der Waals surface area contributed by atoms with Crippen LogP contribution in [0.5, 0.6) is 0 Å². The van der Waals surface area contributed by atoms with E-state index in [0.29, 0.717) is 0 Å². The molecule has 1 fully saturated rings. The average Bonchev–Trinajstić information content (AvgIpc) is 3.10. The van der Waals surface area contributed by atoms with Crippen LogP contribution in [-0.4, -0.2) is 5.91 Å². The molecule has 1 saturated carbocycles. The molecule has 2 unspecified atom stereocenters. The first-order valence-corrected chi connectivity index (χ1v) is 5.55. The second kappa shape index (κ2) is 4.85. The van der Waals surface area contributed by atoms with Gasteiger partial charge in [0, 0.05) is 10.8 Å². The highest BCUT2D eigenvalue weighted by molar-refractivity contribution is 5.83. The van der Waals surface area contributed by atoms with Gasteiger partial charge >= 0.3 is 0 Å². The molecule has 0 heterocycles. The number of hydrogen-bond donors (Lipinski definition) is 0. The van der Waals surface area contributed by atoms with Gasteiger partial charge in [0.25, 0.3) is 0 Å². The first-order valence-electron chi connectivity index (χ1n) is 5.55. The molecule has 2 atom stereocenters. The standard InChI is InChI=1S/C13H13N3O/c1-9(10-5-3-2-4-6-10)7-11-8-12(11)13(17)15-16-14/h2-7,11-12H,8H2,1H3. The van der Waals surface area contributed by atoms with Crippen molar-refractivity contribution in [2.75, 3.05) is 0 Å². The molecule has 4 heteroatoms. The van der Waals surface area contributed by atoms with E-state index in [0.717, 1.165) is 17.6 Å². The molecule has 0 radical (unpaired) electrons. The van der Waals surface area contributed by atoms with Crippen molar-refractivity contribution in [2.45, 2.75) is 13.3 Å². The third-order valence-corrected chi connectivity index (χ3v) is 2.99. The zero-order chi connectivity index (χ0) is 12.3. The van der Waals surface area contributed by atoms with E-state index in [9.17, 15) is 4.79 Å². The highest BCUT2D eigenvalue weighted by Crippen LogP contribution is 2.42. The predicted molar refractivity (Wildman–Crippen MR) is 65.8 cm³/mol. The van der Waals surface area contributed by atoms with Crippen molar-refractivity contribution in [3.63, 3.8) is 0 Å². The minimum atomic E-state index is -0.338. The van der Waals surface area contributed by atoms with Crippen LogP contribution in [0.1, 0.15) is 18.9 Å². The van der Waals surface area contributed by atoms with Crippen molar-refractivity contribution in [1.82, 2.24) is 0 Å². The van der Waals surface area contributed by atoms with Gasteiger partial charge in [-0.2, -0.15) is 0 Å². The number of benzene rings is 1. The van der Waals surface area contributed by atoms with Crippen LogP contribution in [0.3, 0.4) is 0 Å². The number of carbonyl (C=O) groups is 1. The second-order valence-corrected chi connectivity index (χ2v) is 4.25. The molecule has 0 N–H and O–H groups in total. The van der Waals surface area contributed by atoms with Crippen molar-refractivity contribution < 1.29 is 4.79 Å². The Labute approximate surface area is 99.6 Å². The van der Waals surface area contributed by atoms with Crippen LogP contribution in [0.2, 0.25) is 0 Å². The number of hydrogen-bond acceptors (Lipinski definition) is 1. The van der Waals surface area contributed by atoms with Gasteiger partial charge in [0.2, 0.25) is 5.91 Å². The van der Waals surface area contributed by atoms with Crippen molar-refractivity contribution in [2.24, 2.45) is 17.0 Å². The van der Waals surface area contributed by atoms with Gasteiger partial charge in [0.15, 0.2) is 0 Å². The van der Waals surface area contributed by atoms with E-state index in [2.05, 4.69) is 16.1 Å². The van der Waals surface area contributed by atoms with E-state index in [-0.39, 0.29) is 17.7 Å². The molecule has 2 rings (SSSR count). The summed E-state index contributed by atoms with van der Waals surface area (Å²) in [5.41, 5.74) is 10.5. The van der Waals surface area contributed by atoms with Crippen molar-refractivity contribution in [1.29, 1.82) is 0 Å². The molecule has 4 nitrogen and oxygen atoms in total. The molecule has 17 heavy (non-hydrogen) atoms. The van der Waals surface area contributed by atoms with Crippen molar-refractivity contribution >= 4 is 11.5 Å². The maximum Gasteiger partial charge on any atom is 0.222 e. The maximum atomic E-state index is 11.3. The molecule has 1 aromatic rings. The van der Waals surface area contributed by atoms with Gasteiger partial charge in [0.1, 0.15) is 0 Å². The molecule has 0 bridgehead atoms. The van der Waals surface area contributed by atoms with Gasteiger partial charge in [0.05, 0.1) is 0 Å². The van der Waals surface area contributed by atoms with Gasteiger partial charge in [-0.15, -0.1) is 0 Å². The molecule has 0 aliphatic heterocycles. The monoisotopic (exact) mass is 227 g/mol. The molecule has 1 aliphatic rings. The molecule has 0 saturated heterocycles. The van der Waals surface area contributed by atoms with Crippen molar-refractivity contribution in [3.8, 4) is 0 Å². The van der Waals surface area contributed by atoms with Crippen LogP contribution in [0, 0.1) is 11.8 Å². The lowest BCUT2D eigenvalue weighted by Crippen LogP contribution is -1.95. The highest BCUT2D eigenvalue weighted by Gasteiger charge is 2.40. The Balaban J connectivity index is 2.04. The fourth-order valence-corrected chi connectivity index (χ4v) is 1.92. The van der Waals surface area contributed by atoms with Crippen LogP contribution in [0.4, 0.5) is 0 Å². The van der Waals surface area contributed by atoms with Gasteiger partial charge < -0.3 is 0 Å². The maximum absolute atomic E-state index is 11.3. The molecular formula is C13H13N3O. The van der Waals surface area contributed by atoms with E-state index in [1.807, 2.05) is 37.3 Å². The Morgan fingerprint density at radius 2 is 2.18 bits per heavy atom. The number of azide groups is 1. The predicted octanol–water partition coefficient (Wildman–Crippen LogP) is 3.56. The lowest BCUT2D eigenvalue weighted by Gasteiger charge is -2.00. The fourth-order valence-electron chi connectivity index (χ4n) is 1.92. The number of nitrogens with zero attached hydrogens (tertiary/aromatic N) is 3. The van der Waals surface area contributed by atoms with Crippen LogP contribution in [-0.2, 0) is 4.79 Å². The van der Waals surface area contributed by atoms with Gasteiger partial charge in [-0.25, -0.2) is 0 Å². The fraction of sp³-hybridized carbons (Fsp3) is 0.308. The Kier molecular flexibility index (Phi) is 3.26. The van der Waals surface area contributed by atoms with E-state index < -0.39 is 0 Å². The SMILES string of the molecule is CC(=CC1CC1C(=O)N=[N+]=[N-])c1ccccc1. The first kappa shape index (κ1) is 11.4. The van der Waals surface area contributed by atoms with Crippen LogP contribution in [0.25, 0.3) is 16.0 Å². The molecule has 1 aromatic carbocycles. The summed E-state index contributed by atoms with van der Waals surface area (Å²) in [4.78, 5) is 13.8. The van der Waals surface area contributed by atoms with Gasteiger partial charge in [-0.3, -0.25) is 4.79 Å². The van der Waals surface area contributed by atoms with E-state index >= 15 is 0 Å². The quantitative estimate of drug-likeness (QED) is 0.442. The molecule has 0 aromatic heterocycles. The minimum absolute atomic E-state index is 0.107. The third kappa shape index (κ3) is 2.74. The molecule has 1 amide bonds. The summed E-state index contributed by atoms with van der Waals surface area (Å²) >= 11 is 0. The van der Waals surface area contributed by atoms with E-state index in [4.69, 9.17) is 5.53 Å². The number of rotatable bonds is 3. The Morgan fingerprint density at radius 3 is 2.82 bits per heavy atom. The van der Waals surface area contributed by atoms with Crippen LogP contribution in [0.15, 0.2) is 41.5 Å². The zero-order valence-electron chi connectivity index (χ0n) is 9.58. The average molecular weight is 227 g/mol. The summed E-state index contributed by atoms with van der Waals surface area (Å²) in [6, 6.07) is 10.0. The summed E-state index contributed by atoms with van der Waals surface area (Å²) in [7, 11) is 0. The van der Waals surface area contributed by atoms with E-state index in [1.165, 1.54) is 0 Å². The molecular weight excluding hydrogens is 214 g/mol. The molecule has 1 aliphatic carbocycles. The Hall–Kier alpha value is -2.06. The smallest absolute Gasteiger partial charge is 0.222 e. The van der Waals surface area contributed by atoms with Crippen LogP contribution >= 0.6 is 0 Å².